The highest BCUT2D eigenvalue weighted by Crippen LogP contribution is 2.16. The molecule has 0 N–H and O–H groups in total. The Hall–Kier alpha value is -3.93. The van der Waals surface area contributed by atoms with Crippen LogP contribution in [0, 0.1) is 0 Å². The minimum absolute atomic E-state index is 0.0965. The third-order valence-corrected chi connectivity index (χ3v) is 13.2. The lowest BCUT2D eigenvalue weighted by Crippen LogP contribution is -2.30. The Balaban J connectivity index is 4.25. The van der Waals surface area contributed by atoms with Crippen LogP contribution < -0.4 is 0 Å². The van der Waals surface area contributed by atoms with Crippen molar-refractivity contribution in [3.8, 4) is 0 Å². The number of rotatable bonds is 56. The lowest BCUT2D eigenvalue weighted by atomic mass is 10.0. The molecule has 0 aromatic carbocycles. The average Bonchev–Trinajstić information content (AvgIpc) is 3.41. The number of ether oxygens (including phenoxy) is 3. The van der Waals surface area contributed by atoms with Crippen molar-refractivity contribution in [3.63, 3.8) is 0 Å². The van der Waals surface area contributed by atoms with E-state index in [1.807, 2.05) is 0 Å². The van der Waals surface area contributed by atoms with Gasteiger partial charge in [0, 0.05) is 19.3 Å². The molecule has 0 heterocycles. The first-order valence-electron chi connectivity index (χ1n) is 31.4. The number of carbonyl (C=O) groups is 3. The molecule has 0 aliphatic heterocycles. The first-order valence-corrected chi connectivity index (χ1v) is 31.4. The average molecular weight is 1040 g/mol. The molecule has 0 radical (unpaired) electrons. The van der Waals surface area contributed by atoms with Crippen LogP contribution in [0.15, 0.2) is 109 Å². The van der Waals surface area contributed by atoms with E-state index in [1.165, 1.54) is 135 Å². The molecule has 0 rings (SSSR count). The Morgan fingerprint density at radius 1 is 0.280 bits per heavy atom. The van der Waals surface area contributed by atoms with Gasteiger partial charge in [-0.25, -0.2) is 0 Å². The number of allylic oxidation sites excluding steroid dienone is 18. The van der Waals surface area contributed by atoms with Crippen LogP contribution in [0.3, 0.4) is 0 Å². The number of hydrogen-bond donors (Lipinski definition) is 0. The van der Waals surface area contributed by atoms with Gasteiger partial charge in [-0.15, -0.1) is 0 Å². The van der Waals surface area contributed by atoms with Crippen LogP contribution in [0.1, 0.15) is 290 Å². The Labute approximate surface area is 463 Å². The molecule has 0 aromatic heterocycles. The van der Waals surface area contributed by atoms with Crippen molar-refractivity contribution in [1.29, 1.82) is 0 Å². The van der Waals surface area contributed by atoms with Gasteiger partial charge in [-0.2, -0.15) is 0 Å². The molecular weight excluding hydrogens is 925 g/mol. The zero-order valence-electron chi connectivity index (χ0n) is 49.0. The fourth-order valence-corrected chi connectivity index (χ4v) is 8.60. The summed E-state index contributed by atoms with van der Waals surface area (Å²) in [5.74, 6) is -0.942. The van der Waals surface area contributed by atoms with Gasteiger partial charge < -0.3 is 14.2 Å². The molecule has 0 saturated heterocycles. The van der Waals surface area contributed by atoms with E-state index in [4.69, 9.17) is 14.2 Å². The lowest BCUT2D eigenvalue weighted by Gasteiger charge is -2.18. The largest absolute Gasteiger partial charge is 0.462 e. The number of carbonyl (C=O) groups excluding carboxylic acids is 3. The van der Waals surface area contributed by atoms with Crippen LogP contribution >= 0.6 is 0 Å². The van der Waals surface area contributed by atoms with Crippen molar-refractivity contribution in [2.24, 2.45) is 0 Å². The molecule has 6 heteroatoms. The summed E-state index contributed by atoms with van der Waals surface area (Å²) in [6, 6.07) is 0. The van der Waals surface area contributed by atoms with Crippen molar-refractivity contribution < 1.29 is 28.6 Å². The fourth-order valence-electron chi connectivity index (χ4n) is 8.60. The van der Waals surface area contributed by atoms with E-state index in [9.17, 15) is 14.4 Å². The molecule has 0 saturated carbocycles. The molecule has 0 spiro atoms. The SMILES string of the molecule is CC/C=C\C/C=C\C/C=C\C/C=C\CCCCCCCCCCCCCCCCCCC(=O)OCC(COC(=O)CCCCCCC/C=C\CCCCCC)OC(=O)CCCC/C=C\C/C=C\C/C=C\C/C=C\CC. The standard InChI is InChI=1S/C69H116O6/c1-4-7-10-13-16-19-22-25-27-28-29-30-31-32-33-34-35-36-37-38-39-40-42-44-47-50-53-56-59-62-68(71)74-65-66(64-73-67(70)61-58-55-52-49-46-43-24-21-18-15-12-9-6-3)75-69(72)63-60-57-54-51-48-45-41-26-23-20-17-14-11-8-5-2/h7-8,10-11,16-17,19-21,24-27,29-30,41,48,51,66H,4-6,9,12-15,18,22-23,28,31-40,42-47,49-50,52-65H2,1-3H3/b10-7-,11-8-,19-16-,20-17-,24-21-,27-25-,30-29-,41-26-,51-48-. The molecule has 0 amide bonds. The highest BCUT2D eigenvalue weighted by molar-refractivity contribution is 5.71. The van der Waals surface area contributed by atoms with Gasteiger partial charge in [-0.05, 0) is 122 Å². The molecule has 1 atom stereocenters. The van der Waals surface area contributed by atoms with Gasteiger partial charge in [0.05, 0.1) is 0 Å². The minimum atomic E-state index is -0.804. The van der Waals surface area contributed by atoms with Gasteiger partial charge in [0.2, 0.25) is 0 Å². The van der Waals surface area contributed by atoms with Crippen LogP contribution in [-0.2, 0) is 28.6 Å². The molecule has 6 nitrogen and oxygen atoms in total. The Morgan fingerprint density at radius 3 is 0.853 bits per heavy atom. The van der Waals surface area contributed by atoms with E-state index in [0.29, 0.717) is 19.3 Å². The third-order valence-electron chi connectivity index (χ3n) is 13.2. The van der Waals surface area contributed by atoms with Crippen LogP contribution in [0.2, 0.25) is 0 Å². The van der Waals surface area contributed by atoms with Crippen molar-refractivity contribution in [1.82, 2.24) is 0 Å². The predicted molar refractivity (Wildman–Crippen MR) is 325 cm³/mol. The summed E-state index contributed by atoms with van der Waals surface area (Å²) in [5, 5.41) is 0. The molecule has 0 aromatic rings. The maximum atomic E-state index is 12.8. The highest BCUT2D eigenvalue weighted by atomic mass is 16.6. The van der Waals surface area contributed by atoms with E-state index in [-0.39, 0.29) is 37.5 Å². The van der Waals surface area contributed by atoms with Crippen LogP contribution in [0.4, 0.5) is 0 Å². The third kappa shape index (κ3) is 60.8. The number of esters is 3. The van der Waals surface area contributed by atoms with E-state index >= 15 is 0 Å². The summed E-state index contributed by atoms with van der Waals surface area (Å²) in [6.07, 6.45) is 85.4. The minimum Gasteiger partial charge on any atom is -0.462 e. The quantitative estimate of drug-likeness (QED) is 0.0261. The topological polar surface area (TPSA) is 78.9 Å². The molecule has 0 bridgehead atoms. The molecule has 0 aliphatic rings. The van der Waals surface area contributed by atoms with E-state index in [0.717, 1.165) is 109 Å². The van der Waals surface area contributed by atoms with E-state index in [2.05, 4.69) is 130 Å². The van der Waals surface area contributed by atoms with E-state index in [1.54, 1.807) is 0 Å². The summed E-state index contributed by atoms with van der Waals surface area (Å²) in [4.78, 5) is 38.2. The van der Waals surface area contributed by atoms with Crippen LogP contribution in [0.25, 0.3) is 0 Å². The van der Waals surface area contributed by atoms with Gasteiger partial charge >= 0.3 is 17.9 Å². The second kappa shape index (κ2) is 62.6. The van der Waals surface area contributed by atoms with Crippen molar-refractivity contribution in [2.75, 3.05) is 13.2 Å². The van der Waals surface area contributed by atoms with Crippen molar-refractivity contribution in [2.45, 2.75) is 297 Å². The number of unbranched alkanes of at least 4 members (excludes halogenated alkanes) is 27. The van der Waals surface area contributed by atoms with Gasteiger partial charge in [-0.1, -0.05) is 259 Å². The van der Waals surface area contributed by atoms with Gasteiger partial charge in [-0.3, -0.25) is 14.4 Å². The fraction of sp³-hybridized carbons (Fsp3) is 0.696. The predicted octanol–water partition coefficient (Wildman–Crippen LogP) is 21.4. The molecule has 0 fully saturated rings. The second-order valence-electron chi connectivity index (χ2n) is 20.5. The first-order chi connectivity index (χ1) is 37.0. The van der Waals surface area contributed by atoms with Crippen molar-refractivity contribution >= 4 is 17.9 Å². The summed E-state index contributed by atoms with van der Waals surface area (Å²) >= 11 is 0. The summed E-state index contributed by atoms with van der Waals surface area (Å²) in [7, 11) is 0. The van der Waals surface area contributed by atoms with Crippen LogP contribution in [0.5, 0.6) is 0 Å². The zero-order valence-corrected chi connectivity index (χ0v) is 49.0. The first kappa shape index (κ1) is 71.1. The lowest BCUT2D eigenvalue weighted by molar-refractivity contribution is -0.167. The maximum absolute atomic E-state index is 12.8. The second-order valence-corrected chi connectivity index (χ2v) is 20.5. The summed E-state index contributed by atoms with van der Waals surface area (Å²) in [6.45, 7) is 6.37. The van der Waals surface area contributed by atoms with E-state index < -0.39 is 6.10 Å². The Morgan fingerprint density at radius 2 is 0.520 bits per heavy atom. The van der Waals surface area contributed by atoms with Gasteiger partial charge in [0.25, 0.3) is 0 Å². The van der Waals surface area contributed by atoms with Gasteiger partial charge in [0.15, 0.2) is 6.10 Å². The van der Waals surface area contributed by atoms with Gasteiger partial charge in [0.1, 0.15) is 13.2 Å². The zero-order chi connectivity index (χ0) is 54.3. The Bertz CT molecular complexity index is 1520. The maximum Gasteiger partial charge on any atom is 0.306 e. The molecule has 75 heavy (non-hydrogen) atoms. The monoisotopic (exact) mass is 1040 g/mol. The van der Waals surface area contributed by atoms with Crippen LogP contribution in [-0.4, -0.2) is 37.2 Å². The summed E-state index contributed by atoms with van der Waals surface area (Å²) in [5.41, 5.74) is 0. The number of hydrogen-bond acceptors (Lipinski definition) is 6. The molecule has 0 aliphatic carbocycles. The molecule has 1 unspecified atom stereocenters. The van der Waals surface area contributed by atoms with Crippen molar-refractivity contribution in [3.05, 3.63) is 109 Å². The summed E-state index contributed by atoms with van der Waals surface area (Å²) < 4.78 is 16.8. The molecule has 428 valence electrons. The smallest absolute Gasteiger partial charge is 0.306 e. The Kier molecular flexibility index (Phi) is 59.3. The normalized spacial score (nSPS) is 12.8. The highest BCUT2D eigenvalue weighted by Gasteiger charge is 2.19. The molecular formula is C69H116O6.